The van der Waals surface area contributed by atoms with E-state index in [0.29, 0.717) is 17.1 Å². The van der Waals surface area contributed by atoms with E-state index in [2.05, 4.69) is 15.4 Å². The molecule has 1 amide bonds. The highest BCUT2D eigenvalue weighted by Crippen LogP contribution is 2.26. The highest BCUT2D eigenvalue weighted by Gasteiger charge is 2.17. The number of hydrogen-bond donors (Lipinski definition) is 3. The number of nitrogens with zero attached hydrogens (tertiary/aromatic N) is 1. The first-order chi connectivity index (χ1) is 14.7. The number of carbonyl (C=O) groups is 1. The summed E-state index contributed by atoms with van der Waals surface area (Å²) >= 11 is 0. The summed E-state index contributed by atoms with van der Waals surface area (Å²) in [7, 11) is -2.18. The molecule has 3 aromatic carbocycles. The van der Waals surface area contributed by atoms with Gasteiger partial charge in [0.25, 0.3) is 21.6 Å². The second kappa shape index (κ2) is 8.84. The molecule has 0 spiro atoms. The van der Waals surface area contributed by atoms with Crippen molar-refractivity contribution >= 4 is 38.7 Å². The van der Waals surface area contributed by atoms with E-state index in [1.165, 1.54) is 54.6 Å². The monoisotopic (exact) mass is 440 g/mol. The topological polar surface area (TPSA) is 130 Å². The number of anilines is 3. The lowest BCUT2D eigenvalue weighted by atomic mass is 10.1. The van der Waals surface area contributed by atoms with E-state index >= 15 is 0 Å². The Kier molecular flexibility index (Phi) is 6.21. The highest BCUT2D eigenvalue weighted by atomic mass is 32.2. The zero-order chi connectivity index (χ0) is 22.6. The summed E-state index contributed by atoms with van der Waals surface area (Å²) < 4.78 is 27.4. The number of nitrogens with one attached hydrogen (secondary N) is 3. The fraction of sp³-hybridized carbons (Fsp3) is 0.0952. The van der Waals surface area contributed by atoms with Gasteiger partial charge >= 0.3 is 0 Å². The van der Waals surface area contributed by atoms with Crippen molar-refractivity contribution in [3.05, 3.63) is 88.0 Å². The molecule has 10 heteroatoms. The zero-order valence-corrected chi connectivity index (χ0v) is 17.6. The number of rotatable bonds is 7. The summed E-state index contributed by atoms with van der Waals surface area (Å²) in [6, 6.07) is 16.6. The number of benzene rings is 3. The van der Waals surface area contributed by atoms with E-state index < -0.39 is 20.9 Å². The van der Waals surface area contributed by atoms with Crippen LogP contribution in [0.1, 0.15) is 15.9 Å². The summed E-state index contributed by atoms with van der Waals surface area (Å²) in [5, 5.41) is 16.5. The fourth-order valence-electron chi connectivity index (χ4n) is 2.79. The first-order valence-electron chi connectivity index (χ1n) is 9.17. The predicted octanol–water partition coefficient (Wildman–Crippen LogP) is 4.00. The van der Waals surface area contributed by atoms with Crippen molar-refractivity contribution < 1.29 is 18.1 Å². The number of aryl methyl sites for hydroxylation is 1. The molecule has 3 rings (SSSR count). The van der Waals surface area contributed by atoms with Crippen LogP contribution < -0.4 is 15.4 Å². The molecule has 0 aliphatic carbocycles. The van der Waals surface area contributed by atoms with Gasteiger partial charge in [-0.3, -0.25) is 19.6 Å². The maximum absolute atomic E-state index is 12.5. The van der Waals surface area contributed by atoms with Crippen molar-refractivity contribution in [1.82, 2.24) is 0 Å². The Bertz CT molecular complexity index is 1220. The van der Waals surface area contributed by atoms with E-state index in [1.807, 2.05) is 6.92 Å². The van der Waals surface area contributed by atoms with Gasteiger partial charge in [0.15, 0.2) is 0 Å². The van der Waals surface area contributed by atoms with Crippen molar-refractivity contribution in [3.8, 4) is 0 Å². The number of nitro groups is 1. The average Bonchev–Trinajstić information content (AvgIpc) is 2.74. The number of sulfonamides is 1. The summed E-state index contributed by atoms with van der Waals surface area (Å²) in [4.78, 5) is 23.2. The van der Waals surface area contributed by atoms with Crippen LogP contribution >= 0.6 is 0 Å². The molecule has 9 nitrogen and oxygen atoms in total. The second-order valence-corrected chi connectivity index (χ2v) is 8.37. The Balaban J connectivity index is 1.72. The molecule has 31 heavy (non-hydrogen) atoms. The molecule has 0 aliphatic heterocycles. The third-order valence-electron chi connectivity index (χ3n) is 4.45. The van der Waals surface area contributed by atoms with Gasteiger partial charge in [0.2, 0.25) is 0 Å². The number of carbonyl (C=O) groups excluding carboxylic acids is 1. The summed E-state index contributed by atoms with van der Waals surface area (Å²) in [5.41, 5.74) is 1.89. The largest absolute Gasteiger partial charge is 0.383 e. The molecule has 0 heterocycles. The molecule has 0 aliphatic rings. The standard InChI is InChI=1S/C21H20N4O5S/c1-14-3-10-18(11-4-14)31(29,30)24-17-8-6-16(7-9-17)23-21(26)15-5-12-19(22-2)20(13-15)25(27)28/h3-13,22,24H,1-2H3,(H,23,26). The minimum absolute atomic E-state index is 0.120. The van der Waals surface area contributed by atoms with Crippen LogP contribution in [0.15, 0.2) is 71.6 Å². The third kappa shape index (κ3) is 5.17. The number of hydrogen-bond acceptors (Lipinski definition) is 6. The second-order valence-electron chi connectivity index (χ2n) is 6.69. The number of nitro benzene ring substituents is 1. The van der Waals surface area contributed by atoms with Gasteiger partial charge in [-0.05, 0) is 55.5 Å². The Labute approximate surface area is 179 Å². The molecular formula is C21H20N4O5S. The summed E-state index contributed by atoms with van der Waals surface area (Å²) in [6.45, 7) is 1.87. The van der Waals surface area contributed by atoms with Crippen LogP contribution in [0.3, 0.4) is 0 Å². The highest BCUT2D eigenvalue weighted by molar-refractivity contribution is 7.92. The quantitative estimate of drug-likeness (QED) is 0.376. The van der Waals surface area contributed by atoms with E-state index in [0.717, 1.165) is 5.56 Å². The van der Waals surface area contributed by atoms with Crippen LogP contribution in [-0.4, -0.2) is 26.3 Å². The first kappa shape index (κ1) is 21.8. The Morgan fingerprint density at radius 3 is 2.13 bits per heavy atom. The first-order valence-corrected chi connectivity index (χ1v) is 10.6. The van der Waals surface area contributed by atoms with E-state index in [1.54, 1.807) is 19.2 Å². The summed E-state index contributed by atoms with van der Waals surface area (Å²) in [5.74, 6) is -0.529. The average molecular weight is 440 g/mol. The lowest BCUT2D eigenvalue weighted by Gasteiger charge is -2.10. The van der Waals surface area contributed by atoms with Crippen molar-refractivity contribution in [1.29, 1.82) is 0 Å². The van der Waals surface area contributed by atoms with E-state index in [9.17, 15) is 23.3 Å². The van der Waals surface area contributed by atoms with Crippen LogP contribution in [0.25, 0.3) is 0 Å². The molecule has 0 aromatic heterocycles. The molecule has 3 N–H and O–H groups in total. The molecule has 0 radical (unpaired) electrons. The minimum Gasteiger partial charge on any atom is -0.383 e. The molecule has 0 bridgehead atoms. The summed E-state index contributed by atoms with van der Waals surface area (Å²) in [6.07, 6.45) is 0. The number of amides is 1. The van der Waals surface area contributed by atoms with Gasteiger partial charge in [-0.2, -0.15) is 0 Å². The zero-order valence-electron chi connectivity index (χ0n) is 16.7. The molecule has 3 aromatic rings. The lowest BCUT2D eigenvalue weighted by Crippen LogP contribution is -2.14. The molecule has 160 valence electrons. The SMILES string of the molecule is CNc1ccc(C(=O)Nc2ccc(NS(=O)(=O)c3ccc(C)cc3)cc2)cc1[N+](=O)[O-]. The van der Waals surface area contributed by atoms with E-state index in [-0.39, 0.29) is 16.1 Å². The lowest BCUT2D eigenvalue weighted by molar-refractivity contribution is -0.384. The van der Waals surface area contributed by atoms with Crippen molar-refractivity contribution in [2.75, 3.05) is 22.4 Å². The van der Waals surface area contributed by atoms with Crippen LogP contribution in [0, 0.1) is 17.0 Å². The van der Waals surface area contributed by atoms with Gasteiger partial charge in [-0.15, -0.1) is 0 Å². The van der Waals surface area contributed by atoms with Gasteiger partial charge in [0, 0.05) is 30.1 Å². The molecule has 0 fully saturated rings. The normalized spacial score (nSPS) is 10.9. The third-order valence-corrected chi connectivity index (χ3v) is 5.85. The Morgan fingerprint density at radius 2 is 1.55 bits per heavy atom. The predicted molar refractivity (Wildman–Crippen MR) is 119 cm³/mol. The van der Waals surface area contributed by atoms with E-state index in [4.69, 9.17) is 0 Å². The van der Waals surface area contributed by atoms with Gasteiger partial charge < -0.3 is 10.6 Å². The van der Waals surface area contributed by atoms with Gasteiger partial charge in [0.05, 0.1) is 9.82 Å². The van der Waals surface area contributed by atoms with Crippen LogP contribution in [0.5, 0.6) is 0 Å². The maximum atomic E-state index is 12.5. The van der Waals surface area contributed by atoms with Crippen LogP contribution in [0.2, 0.25) is 0 Å². The Morgan fingerprint density at radius 1 is 0.935 bits per heavy atom. The van der Waals surface area contributed by atoms with Gasteiger partial charge in [-0.1, -0.05) is 17.7 Å². The minimum atomic E-state index is -3.74. The van der Waals surface area contributed by atoms with Crippen molar-refractivity contribution in [2.45, 2.75) is 11.8 Å². The fourth-order valence-corrected chi connectivity index (χ4v) is 3.85. The smallest absolute Gasteiger partial charge is 0.293 e. The van der Waals surface area contributed by atoms with Gasteiger partial charge in [0.1, 0.15) is 5.69 Å². The van der Waals surface area contributed by atoms with Crippen molar-refractivity contribution in [2.24, 2.45) is 0 Å². The molecule has 0 atom stereocenters. The molecular weight excluding hydrogens is 420 g/mol. The van der Waals surface area contributed by atoms with Gasteiger partial charge in [-0.25, -0.2) is 8.42 Å². The Hall–Kier alpha value is -3.92. The molecule has 0 unspecified atom stereocenters. The molecule has 0 saturated carbocycles. The van der Waals surface area contributed by atoms with Crippen molar-refractivity contribution in [3.63, 3.8) is 0 Å². The van der Waals surface area contributed by atoms with Crippen LogP contribution in [-0.2, 0) is 10.0 Å². The van der Waals surface area contributed by atoms with Crippen LogP contribution in [0.4, 0.5) is 22.7 Å². The maximum Gasteiger partial charge on any atom is 0.293 e. The molecule has 0 saturated heterocycles.